The summed E-state index contributed by atoms with van der Waals surface area (Å²) in [5, 5.41) is 3.39. The van der Waals surface area contributed by atoms with Gasteiger partial charge in [0, 0.05) is 32.2 Å². The normalized spacial score (nSPS) is 35.4. The van der Waals surface area contributed by atoms with Crippen LogP contribution in [0.25, 0.3) is 0 Å². The highest BCUT2D eigenvalue weighted by atomic mass is 16.5. The first-order valence-corrected chi connectivity index (χ1v) is 6.84. The van der Waals surface area contributed by atoms with Gasteiger partial charge in [-0.2, -0.15) is 0 Å². The van der Waals surface area contributed by atoms with Crippen LogP contribution in [0.15, 0.2) is 0 Å². The van der Waals surface area contributed by atoms with E-state index in [0.29, 0.717) is 6.04 Å². The van der Waals surface area contributed by atoms with E-state index >= 15 is 0 Å². The lowest BCUT2D eigenvalue weighted by Crippen LogP contribution is -2.57. The Kier molecular flexibility index (Phi) is 4.25. The van der Waals surface area contributed by atoms with Crippen LogP contribution in [0, 0.1) is 0 Å². The van der Waals surface area contributed by atoms with E-state index < -0.39 is 5.54 Å². The molecule has 0 aromatic heterocycles. The van der Waals surface area contributed by atoms with Gasteiger partial charge < -0.3 is 15.0 Å². The van der Waals surface area contributed by atoms with E-state index in [9.17, 15) is 4.79 Å². The molecule has 2 heterocycles. The molecule has 104 valence electrons. The van der Waals surface area contributed by atoms with E-state index in [1.165, 1.54) is 7.11 Å². The minimum absolute atomic E-state index is 0.0689. The zero-order chi connectivity index (χ0) is 13.2. The lowest BCUT2D eigenvalue weighted by molar-refractivity contribution is -0.154. The summed E-state index contributed by atoms with van der Waals surface area (Å²) in [5.74, 6) is -0.0689. The largest absolute Gasteiger partial charge is 0.468 e. The molecular weight excluding hydrogens is 230 g/mol. The fourth-order valence-corrected chi connectivity index (χ4v) is 3.25. The van der Waals surface area contributed by atoms with Crippen LogP contribution >= 0.6 is 0 Å². The molecule has 2 saturated heterocycles. The number of methoxy groups -OCH3 is 1. The van der Waals surface area contributed by atoms with Crippen LogP contribution in [0.3, 0.4) is 0 Å². The average Bonchev–Trinajstić information content (AvgIpc) is 2.60. The molecule has 5 heteroatoms. The maximum Gasteiger partial charge on any atom is 0.327 e. The van der Waals surface area contributed by atoms with Crippen molar-refractivity contribution in [1.29, 1.82) is 0 Å². The van der Waals surface area contributed by atoms with Crippen molar-refractivity contribution in [3.8, 4) is 0 Å². The highest BCUT2D eigenvalue weighted by molar-refractivity contribution is 5.81. The van der Waals surface area contributed by atoms with Gasteiger partial charge in [0.1, 0.15) is 5.54 Å². The number of nitrogens with one attached hydrogen (secondary N) is 1. The summed E-state index contributed by atoms with van der Waals surface area (Å²) >= 11 is 0. The third-order valence-electron chi connectivity index (χ3n) is 4.41. The molecule has 0 saturated carbocycles. The Labute approximate surface area is 109 Å². The van der Waals surface area contributed by atoms with Gasteiger partial charge in [0.25, 0.3) is 0 Å². The predicted molar refractivity (Wildman–Crippen MR) is 70.5 cm³/mol. The molecule has 0 radical (unpaired) electrons. The summed E-state index contributed by atoms with van der Waals surface area (Å²) in [7, 11) is 3.59. The first-order chi connectivity index (χ1) is 8.60. The summed E-state index contributed by atoms with van der Waals surface area (Å²) in [5.41, 5.74) is -0.436. The minimum atomic E-state index is -0.436. The van der Waals surface area contributed by atoms with Gasteiger partial charge in [-0.3, -0.25) is 4.90 Å². The van der Waals surface area contributed by atoms with E-state index in [0.717, 1.165) is 45.6 Å². The Morgan fingerprint density at radius 3 is 2.78 bits per heavy atom. The second-order valence-corrected chi connectivity index (χ2v) is 5.58. The Morgan fingerprint density at radius 2 is 2.17 bits per heavy atom. The van der Waals surface area contributed by atoms with Gasteiger partial charge in [-0.25, -0.2) is 4.79 Å². The molecular formula is C13H25N3O2. The highest BCUT2D eigenvalue weighted by Crippen LogP contribution is 2.33. The van der Waals surface area contributed by atoms with Crippen molar-refractivity contribution in [2.45, 2.75) is 31.3 Å². The van der Waals surface area contributed by atoms with Crippen molar-refractivity contribution in [2.75, 3.05) is 46.9 Å². The summed E-state index contributed by atoms with van der Waals surface area (Å²) in [6.07, 6.45) is 1.97. The van der Waals surface area contributed by atoms with Gasteiger partial charge in [-0.1, -0.05) is 0 Å². The number of esters is 1. The maximum absolute atomic E-state index is 12.3. The van der Waals surface area contributed by atoms with Crippen LogP contribution in [0.5, 0.6) is 0 Å². The summed E-state index contributed by atoms with van der Waals surface area (Å²) < 4.78 is 5.10. The Hall–Kier alpha value is -0.650. The van der Waals surface area contributed by atoms with Crippen molar-refractivity contribution >= 4 is 5.97 Å². The molecule has 2 unspecified atom stereocenters. The molecule has 0 aromatic rings. The molecule has 0 amide bonds. The zero-order valence-corrected chi connectivity index (χ0v) is 11.7. The number of rotatable bonds is 2. The topological polar surface area (TPSA) is 44.8 Å². The van der Waals surface area contributed by atoms with Crippen LogP contribution in [0.4, 0.5) is 0 Å². The molecule has 0 aromatic carbocycles. The molecule has 0 bridgehead atoms. The predicted octanol–water partition coefficient (Wildman–Crippen LogP) is -0.0825. The van der Waals surface area contributed by atoms with Crippen molar-refractivity contribution in [1.82, 2.24) is 15.1 Å². The molecule has 2 atom stereocenters. The molecule has 2 aliphatic heterocycles. The second kappa shape index (κ2) is 5.55. The molecule has 0 spiro atoms. The first kappa shape index (κ1) is 13.8. The lowest BCUT2D eigenvalue weighted by atomic mass is 9.93. The van der Waals surface area contributed by atoms with Crippen LogP contribution in [0.2, 0.25) is 0 Å². The molecule has 2 aliphatic rings. The number of ether oxygens (including phenoxy) is 1. The molecule has 0 aliphatic carbocycles. The number of hydrogen-bond acceptors (Lipinski definition) is 5. The number of carbonyl (C=O) groups is 1. The van der Waals surface area contributed by atoms with Crippen molar-refractivity contribution in [3.63, 3.8) is 0 Å². The SMILES string of the molecule is COC(=O)C1(N2CCCNCC2)CC(C)N(C)C1. The van der Waals surface area contributed by atoms with Gasteiger partial charge in [-0.05, 0) is 33.4 Å². The van der Waals surface area contributed by atoms with Crippen molar-refractivity contribution in [2.24, 2.45) is 0 Å². The van der Waals surface area contributed by atoms with Crippen LogP contribution < -0.4 is 5.32 Å². The van der Waals surface area contributed by atoms with Gasteiger partial charge in [0.2, 0.25) is 0 Å². The number of carbonyl (C=O) groups excluding carboxylic acids is 1. The first-order valence-electron chi connectivity index (χ1n) is 6.84. The molecule has 5 nitrogen and oxygen atoms in total. The van der Waals surface area contributed by atoms with Crippen LogP contribution in [0.1, 0.15) is 19.8 Å². The van der Waals surface area contributed by atoms with E-state index in [1.807, 2.05) is 0 Å². The molecule has 18 heavy (non-hydrogen) atoms. The van der Waals surface area contributed by atoms with E-state index in [2.05, 4.69) is 29.1 Å². The Bertz CT molecular complexity index is 291. The third-order valence-corrected chi connectivity index (χ3v) is 4.41. The van der Waals surface area contributed by atoms with Gasteiger partial charge in [-0.15, -0.1) is 0 Å². The number of likely N-dealkylation sites (tertiary alicyclic amines) is 1. The molecule has 2 fully saturated rings. The monoisotopic (exact) mass is 255 g/mol. The fraction of sp³-hybridized carbons (Fsp3) is 0.923. The summed E-state index contributed by atoms with van der Waals surface area (Å²) in [4.78, 5) is 16.9. The van der Waals surface area contributed by atoms with Gasteiger partial charge in [0.15, 0.2) is 0 Å². The van der Waals surface area contributed by atoms with E-state index in [-0.39, 0.29) is 5.97 Å². The van der Waals surface area contributed by atoms with Gasteiger partial charge >= 0.3 is 5.97 Å². The number of likely N-dealkylation sites (N-methyl/N-ethyl adjacent to an activating group) is 1. The summed E-state index contributed by atoms with van der Waals surface area (Å²) in [6, 6.07) is 0.431. The van der Waals surface area contributed by atoms with E-state index in [1.54, 1.807) is 0 Å². The Morgan fingerprint density at radius 1 is 1.39 bits per heavy atom. The molecule has 1 N–H and O–H groups in total. The lowest BCUT2D eigenvalue weighted by Gasteiger charge is -2.37. The van der Waals surface area contributed by atoms with Crippen molar-refractivity contribution in [3.05, 3.63) is 0 Å². The quantitative estimate of drug-likeness (QED) is 0.699. The number of nitrogens with zero attached hydrogens (tertiary/aromatic N) is 2. The minimum Gasteiger partial charge on any atom is -0.468 e. The zero-order valence-electron chi connectivity index (χ0n) is 11.7. The highest BCUT2D eigenvalue weighted by Gasteiger charge is 2.51. The third kappa shape index (κ3) is 2.39. The molecule has 2 rings (SSSR count). The van der Waals surface area contributed by atoms with Gasteiger partial charge in [0.05, 0.1) is 7.11 Å². The smallest absolute Gasteiger partial charge is 0.327 e. The average molecular weight is 255 g/mol. The maximum atomic E-state index is 12.3. The second-order valence-electron chi connectivity index (χ2n) is 5.58. The standard InChI is InChI=1S/C13H25N3O2/c1-11-9-13(10-15(11)2,12(17)18-3)16-7-4-5-14-6-8-16/h11,14H,4-10H2,1-3H3. The Balaban J connectivity index is 2.21. The van der Waals surface area contributed by atoms with E-state index in [4.69, 9.17) is 4.74 Å². The summed E-state index contributed by atoms with van der Waals surface area (Å²) in [6.45, 7) is 6.86. The number of hydrogen-bond donors (Lipinski definition) is 1. The van der Waals surface area contributed by atoms with Crippen molar-refractivity contribution < 1.29 is 9.53 Å². The fourth-order valence-electron chi connectivity index (χ4n) is 3.25. The van der Waals surface area contributed by atoms with Crippen LogP contribution in [-0.2, 0) is 9.53 Å². The van der Waals surface area contributed by atoms with Crippen LogP contribution in [-0.4, -0.2) is 74.2 Å².